The van der Waals surface area contributed by atoms with Crippen LogP contribution in [0.2, 0.25) is 5.02 Å². The molecule has 0 saturated heterocycles. The highest BCUT2D eigenvalue weighted by atomic mass is 35.5. The van der Waals surface area contributed by atoms with Gasteiger partial charge in [-0.25, -0.2) is 0 Å². The normalized spacial score (nSPS) is 15.0. The number of rotatable bonds is 1. The number of nitrogens with zero attached hydrogens (tertiary/aromatic N) is 2. The first-order valence-corrected chi connectivity index (χ1v) is 9.74. The first-order valence-electron chi connectivity index (χ1n) is 8.18. The number of anilines is 1. The standard InChI is InChI=1S/C20H19ClN2S2/c1-12-8-9-16-15(10-12)17-18(20(2,3)22(16)4)25-23(19(17)24)14-7-5-6-13(21)11-14/h5-11H,1-4H3. The number of aromatic nitrogens is 1. The van der Waals surface area contributed by atoms with E-state index < -0.39 is 0 Å². The predicted octanol–water partition coefficient (Wildman–Crippen LogP) is 6.58. The molecule has 128 valence electrons. The molecule has 0 unspecified atom stereocenters. The van der Waals surface area contributed by atoms with Crippen LogP contribution < -0.4 is 4.90 Å². The second-order valence-electron chi connectivity index (χ2n) is 7.01. The molecule has 0 N–H and O–H groups in total. The van der Waals surface area contributed by atoms with Gasteiger partial charge in [-0.05, 0) is 51.1 Å². The van der Waals surface area contributed by atoms with Gasteiger partial charge in [0, 0.05) is 28.9 Å². The molecule has 3 aromatic rings. The molecule has 1 aromatic heterocycles. The Morgan fingerprint density at radius 3 is 2.60 bits per heavy atom. The molecule has 2 heterocycles. The number of hydrogen-bond acceptors (Lipinski definition) is 3. The molecule has 0 atom stereocenters. The van der Waals surface area contributed by atoms with E-state index in [9.17, 15) is 0 Å². The first-order chi connectivity index (χ1) is 11.8. The van der Waals surface area contributed by atoms with Crippen molar-refractivity contribution >= 4 is 41.0 Å². The summed E-state index contributed by atoms with van der Waals surface area (Å²) in [5.74, 6) is 0. The van der Waals surface area contributed by atoms with Crippen molar-refractivity contribution in [3.05, 3.63) is 62.6 Å². The molecule has 2 aromatic carbocycles. The lowest BCUT2D eigenvalue weighted by Crippen LogP contribution is -2.40. The van der Waals surface area contributed by atoms with Crippen LogP contribution in [0.5, 0.6) is 0 Å². The van der Waals surface area contributed by atoms with Crippen molar-refractivity contribution in [3.63, 3.8) is 0 Å². The molecule has 0 saturated carbocycles. The molecule has 0 radical (unpaired) electrons. The van der Waals surface area contributed by atoms with E-state index in [4.69, 9.17) is 23.8 Å². The maximum Gasteiger partial charge on any atom is 0.129 e. The number of fused-ring (bicyclic) bond motifs is 3. The third-order valence-corrected chi connectivity index (χ3v) is 7.23. The summed E-state index contributed by atoms with van der Waals surface area (Å²) in [6, 6.07) is 14.5. The molecule has 1 aliphatic heterocycles. The Labute approximate surface area is 162 Å². The second kappa shape index (κ2) is 5.70. The third-order valence-electron chi connectivity index (χ3n) is 5.03. The van der Waals surface area contributed by atoms with Gasteiger partial charge in [0.05, 0.1) is 16.1 Å². The van der Waals surface area contributed by atoms with Gasteiger partial charge in [-0.15, -0.1) is 0 Å². The fourth-order valence-corrected chi connectivity index (χ4v) is 5.31. The zero-order valence-corrected chi connectivity index (χ0v) is 17.0. The third kappa shape index (κ3) is 2.47. The molecular weight excluding hydrogens is 368 g/mol. The van der Waals surface area contributed by atoms with Gasteiger partial charge in [0.1, 0.15) is 4.64 Å². The highest BCUT2D eigenvalue weighted by molar-refractivity contribution is 7.71. The van der Waals surface area contributed by atoms with E-state index in [1.54, 1.807) is 11.5 Å². The van der Waals surface area contributed by atoms with Crippen molar-refractivity contribution in [2.75, 3.05) is 11.9 Å². The Balaban J connectivity index is 2.06. The Morgan fingerprint density at radius 1 is 1.12 bits per heavy atom. The highest BCUT2D eigenvalue weighted by Gasteiger charge is 2.38. The van der Waals surface area contributed by atoms with E-state index in [1.807, 2.05) is 18.2 Å². The van der Waals surface area contributed by atoms with Crippen molar-refractivity contribution in [2.45, 2.75) is 26.3 Å². The fraction of sp³-hybridized carbons (Fsp3) is 0.250. The van der Waals surface area contributed by atoms with Crippen LogP contribution in [0.25, 0.3) is 16.8 Å². The largest absolute Gasteiger partial charge is 0.364 e. The van der Waals surface area contributed by atoms with E-state index in [2.05, 4.69) is 60.9 Å². The average molecular weight is 387 g/mol. The topological polar surface area (TPSA) is 8.17 Å². The Bertz CT molecular complexity index is 1050. The molecule has 4 rings (SSSR count). The van der Waals surface area contributed by atoms with E-state index in [0.29, 0.717) is 0 Å². The number of halogens is 1. The Hall–Kier alpha value is -1.62. The van der Waals surface area contributed by atoms with Crippen LogP contribution >= 0.6 is 35.4 Å². The maximum atomic E-state index is 6.20. The minimum absolute atomic E-state index is 0.125. The van der Waals surface area contributed by atoms with E-state index >= 15 is 0 Å². The lowest BCUT2D eigenvalue weighted by molar-refractivity contribution is 0.521. The quantitative estimate of drug-likeness (QED) is 0.436. The molecule has 5 heteroatoms. The lowest BCUT2D eigenvalue weighted by Gasteiger charge is -2.42. The fourth-order valence-electron chi connectivity index (χ4n) is 3.40. The van der Waals surface area contributed by atoms with Crippen molar-refractivity contribution in [1.82, 2.24) is 3.96 Å². The molecule has 0 spiro atoms. The first kappa shape index (κ1) is 16.8. The summed E-state index contributed by atoms with van der Waals surface area (Å²) in [5, 5.41) is 0.721. The van der Waals surface area contributed by atoms with Crippen molar-refractivity contribution in [3.8, 4) is 16.8 Å². The van der Waals surface area contributed by atoms with Gasteiger partial charge in [0.2, 0.25) is 0 Å². The molecule has 0 aliphatic carbocycles. The van der Waals surface area contributed by atoms with Crippen LogP contribution in [0.15, 0.2) is 42.5 Å². The second-order valence-corrected chi connectivity index (χ2v) is 8.79. The van der Waals surface area contributed by atoms with Crippen LogP contribution in [0.1, 0.15) is 24.3 Å². The minimum Gasteiger partial charge on any atom is -0.364 e. The van der Waals surface area contributed by atoms with Gasteiger partial charge in [-0.3, -0.25) is 3.96 Å². The zero-order valence-electron chi connectivity index (χ0n) is 14.6. The van der Waals surface area contributed by atoms with Gasteiger partial charge >= 0.3 is 0 Å². The van der Waals surface area contributed by atoms with E-state index in [1.165, 1.54) is 27.3 Å². The number of benzene rings is 2. The lowest BCUT2D eigenvalue weighted by atomic mass is 9.87. The van der Waals surface area contributed by atoms with Gasteiger partial charge in [0.15, 0.2) is 0 Å². The molecule has 0 bridgehead atoms. The molecule has 0 fully saturated rings. The summed E-state index contributed by atoms with van der Waals surface area (Å²) in [6.07, 6.45) is 0. The van der Waals surface area contributed by atoms with Crippen molar-refractivity contribution in [1.29, 1.82) is 0 Å². The van der Waals surface area contributed by atoms with Crippen LogP contribution in [0, 0.1) is 11.6 Å². The molecule has 25 heavy (non-hydrogen) atoms. The summed E-state index contributed by atoms with van der Waals surface area (Å²) in [6.45, 7) is 6.63. The average Bonchev–Trinajstić information content (AvgIpc) is 2.91. The van der Waals surface area contributed by atoms with Gasteiger partial charge < -0.3 is 4.90 Å². The summed E-state index contributed by atoms with van der Waals surface area (Å²) in [4.78, 5) is 3.63. The molecule has 1 aliphatic rings. The van der Waals surface area contributed by atoms with Gasteiger partial charge in [-0.2, -0.15) is 0 Å². The SMILES string of the molecule is Cc1ccc2c(c1)-c1c(sn(-c3cccc(Cl)c3)c1=S)C(C)(C)N2C. The smallest absolute Gasteiger partial charge is 0.129 e. The summed E-state index contributed by atoms with van der Waals surface area (Å²) in [5.41, 5.74) is 5.77. The van der Waals surface area contributed by atoms with Crippen LogP contribution in [-0.2, 0) is 5.54 Å². The van der Waals surface area contributed by atoms with Gasteiger partial charge in [-0.1, -0.05) is 53.0 Å². The van der Waals surface area contributed by atoms with E-state index in [0.717, 1.165) is 15.4 Å². The molecule has 0 amide bonds. The van der Waals surface area contributed by atoms with Crippen molar-refractivity contribution in [2.24, 2.45) is 0 Å². The van der Waals surface area contributed by atoms with Crippen LogP contribution in [-0.4, -0.2) is 11.0 Å². The summed E-state index contributed by atoms with van der Waals surface area (Å²) < 4.78 is 2.98. The van der Waals surface area contributed by atoms with E-state index in [-0.39, 0.29) is 5.54 Å². The minimum atomic E-state index is -0.125. The molecular formula is C20H19ClN2S2. The summed E-state index contributed by atoms with van der Waals surface area (Å²) in [7, 11) is 2.16. The highest BCUT2D eigenvalue weighted by Crippen LogP contribution is 2.50. The van der Waals surface area contributed by atoms with Crippen LogP contribution in [0.3, 0.4) is 0 Å². The zero-order chi connectivity index (χ0) is 17.9. The Kier molecular flexibility index (Phi) is 3.83. The van der Waals surface area contributed by atoms with Crippen LogP contribution in [0.4, 0.5) is 5.69 Å². The number of hydrogen-bond donors (Lipinski definition) is 0. The monoisotopic (exact) mass is 386 g/mol. The predicted molar refractivity (Wildman–Crippen MR) is 111 cm³/mol. The summed E-state index contributed by atoms with van der Waals surface area (Å²) >= 11 is 13.8. The maximum absolute atomic E-state index is 6.20. The van der Waals surface area contributed by atoms with Gasteiger partial charge in [0.25, 0.3) is 0 Å². The number of aryl methyl sites for hydroxylation is 1. The molecule has 2 nitrogen and oxygen atoms in total. The van der Waals surface area contributed by atoms with Crippen molar-refractivity contribution < 1.29 is 0 Å². The Morgan fingerprint density at radius 2 is 1.88 bits per heavy atom.